The second-order valence-corrected chi connectivity index (χ2v) is 11.6. The van der Waals surface area contributed by atoms with Gasteiger partial charge in [0.25, 0.3) is 7.82 Å². The molecule has 0 N–H and O–H groups in total. The SMILES string of the molecule is CCCCCCCCCCCCCCC(=O)OC(COC(C)=O)COP(=O)([O-])OCC[N+](C)(C)C. The van der Waals surface area contributed by atoms with Crippen LogP contribution >= 0.6 is 7.82 Å². The molecule has 0 saturated heterocycles. The van der Waals surface area contributed by atoms with Gasteiger partial charge in [0.2, 0.25) is 0 Å². The number of phosphoric acid groups is 1. The van der Waals surface area contributed by atoms with Crippen LogP contribution in [-0.4, -0.2) is 70.0 Å². The fraction of sp³-hybridized carbons (Fsp3) is 0.920. The number of hydrogen-bond donors (Lipinski definition) is 0. The van der Waals surface area contributed by atoms with Crippen LogP contribution in [0.2, 0.25) is 0 Å². The molecule has 0 spiro atoms. The van der Waals surface area contributed by atoms with Crippen LogP contribution in [0.15, 0.2) is 0 Å². The number of rotatable bonds is 23. The molecule has 0 aromatic carbocycles. The molecule has 0 bridgehead atoms. The molecule has 0 aliphatic rings. The summed E-state index contributed by atoms with van der Waals surface area (Å²) in [6, 6.07) is 0. The largest absolute Gasteiger partial charge is 0.756 e. The first-order valence-electron chi connectivity index (χ1n) is 13.2. The van der Waals surface area contributed by atoms with Crippen molar-refractivity contribution in [3.8, 4) is 0 Å². The van der Waals surface area contributed by atoms with Gasteiger partial charge in [0.05, 0.1) is 27.7 Å². The van der Waals surface area contributed by atoms with E-state index in [0.29, 0.717) is 17.4 Å². The third-order valence-electron chi connectivity index (χ3n) is 5.44. The Labute approximate surface area is 213 Å². The highest BCUT2D eigenvalue weighted by molar-refractivity contribution is 7.45. The maximum absolute atomic E-state index is 12.2. The maximum Gasteiger partial charge on any atom is 0.306 e. The molecule has 0 radical (unpaired) electrons. The predicted molar refractivity (Wildman–Crippen MR) is 135 cm³/mol. The van der Waals surface area contributed by atoms with E-state index >= 15 is 0 Å². The standard InChI is InChI=1S/C25H50NO8P/c1-6-7-8-9-10-11-12-13-14-15-16-17-18-25(28)34-24(21-31-23(2)27)22-33-35(29,30)32-20-19-26(3,4)5/h24H,6-22H2,1-5H3. The third kappa shape index (κ3) is 24.5. The molecule has 0 amide bonds. The van der Waals surface area contributed by atoms with Gasteiger partial charge >= 0.3 is 11.9 Å². The zero-order valence-corrected chi connectivity index (χ0v) is 23.7. The molecule has 0 aliphatic heterocycles. The minimum Gasteiger partial charge on any atom is -0.756 e. The molecule has 0 aromatic heterocycles. The lowest BCUT2D eigenvalue weighted by atomic mass is 10.0. The number of hydrogen-bond acceptors (Lipinski definition) is 8. The minimum atomic E-state index is -4.56. The average molecular weight is 524 g/mol. The smallest absolute Gasteiger partial charge is 0.306 e. The van der Waals surface area contributed by atoms with Gasteiger partial charge in [-0.25, -0.2) is 0 Å². The van der Waals surface area contributed by atoms with E-state index in [-0.39, 0.29) is 19.6 Å². The normalized spacial score (nSPS) is 14.3. The molecule has 208 valence electrons. The third-order valence-corrected chi connectivity index (χ3v) is 6.40. The Hall–Kier alpha value is -0.990. The van der Waals surface area contributed by atoms with Gasteiger partial charge in [0, 0.05) is 13.3 Å². The molecule has 0 fully saturated rings. The van der Waals surface area contributed by atoms with E-state index in [2.05, 4.69) is 6.92 Å². The Morgan fingerprint density at radius 2 is 1.34 bits per heavy atom. The molecule has 9 nitrogen and oxygen atoms in total. The number of ether oxygens (including phenoxy) is 2. The average Bonchev–Trinajstić information content (AvgIpc) is 2.75. The number of carbonyl (C=O) groups excluding carboxylic acids is 2. The summed E-state index contributed by atoms with van der Waals surface area (Å²) in [5, 5.41) is 0. The second-order valence-electron chi connectivity index (χ2n) is 10.1. The molecule has 2 unspecified atom stereocenters. The molecule has 2 atom stereocenters. The van der Waals surface area contributed by atoms with Gasteiger partial charge in [-0.3, -0.25) is 14.2 Å². The summed E-state index contributed by atoms with van der Waals surface area (Å²) in [6.07, 6.45) is 13.5. The van der Waals surface area contributed by atoms with Crippen molar-refractivity contribution in [3.63, 3.8) is 0 Å². The zero-order valence-electron chi connectivity index (χ0n) is 22.8. The first-order chi connectivity index (χ1) is 16.4. The van der Waals surface area contributed by atoms with Crippen molar-refractivity contribution in [2.45, 2.75) is 103 Å². The molecule has 0 aliphatic carbocycles. The lowest BCUT2D eigenvalue weighted by molar-refractivity contribution is -0.870. The van der Waals surface area contributed by atoms with Gasteiger partial charge < -0.3 is 27.9 Å². The number of quaternary nitrogens is 1. The van der Waals surface area contributed by atoms with E-state index in [4.69, 9.17) is 18.5 Å². The van der Waals surface area contributed by atoms with E-state index in [1.54, 1.807) is 0 Å². The van der Waals surface area contributed by atoms with Crippen molar-refractivity contribution < 1.29 is 42.1 Å². The predicted octanol–water partition coefficient (Wildman–Crippen LogP) is 4.76. The van der Waals surface area contributed by atoms with E-state index in [9.17, 15) is 19.0 Å². The van der Waals surface area contributed by atoms with Crippen LogP contribution in [0.4, 0.5) is 0 Å². The summed E-state index contributed by atoms with van der Waals surface area (Å²) >= 11 is 0. The van der Waals surface area contributed by atoms with Gasteiger partial charge in [-0.15, -0.1) is 0 Å². The highest BCUT2D eigenvalue weighted by Crippen LogP contribution is 2.38. The number of unbranched alkanes of at least 4 members (excludes halogenated alkanes) is 11. The molecule has 0 aromatic rings. The second kappa shape index (κ2) is 20.1. The van der Waals surface area contributed by atoms with Crippen LogP contribution in [0.1, 0.15) is 97.3 Å². The van der Waals surface area contributed by atoms with Gasteiger partial charge in [0.15, 0.2) is 6.10 Å². The van der Waals surface area contributed by atoms with Crippen LogP contribution in [0.3, 0.4) is 0 Å². The number of likely N-dealkylation sites (N-methyl/N-ethyl adjacent to an activating group) is 1. The van der Waals surface area contributed by atoms with Crippen molar-refractivity contribution >= 4 is 19.8 Å². The molecule has 10 heteroatoms. The van der Waals surface area contributed by atoms with Crippen molar-refractivity contribution in [1.82, 2.24) is 0 Å². The fourth-order valence-electron chi connectivity index (χ4n) is 3.32. The summed E-state index contributed by atoms with van der Waals surface area (Å²) in [5.41, 5.74) is 0. The van der Waals surface area contributed by atoms with Crippen LogP contribution in [0.5, 0.6) is 0 Å². The van der Waals surface area contributed by atoms with Gasteiger partial charge in [-0.2, -0.15) is 0 Å². The Morgan fingerprint density at radius 1 is 0.829 bits per heavy atom. The van der Waals surface area contributed by atoms with Crippen LogP contribution in [-0.2, 0) is 32.7 Å². The fourth-order valence-corrected chi connectivity index (χ4v) is 4.05. The monoisotopic (exact) mass is 523 g/mol. The zero-order chi connectivity index (χ0) is 26.6. The van der Waals surface area contributed by atoms with Crippen molar-refractivity contribution in [2.24, 2.45) is 0 Å². The van der Waals surface area contributed by atoms with E-state index in [1.807, 2.05) is 21.1 Å². The Bertz CT molecular complexity index is 609. The van der Waals surface area contributed by atoms with Crippen LogP contribution in [0.25, 0.3) is 0 Å². The highest BCUT2D eigenvalue weighted by Gasteiger charge is 2.21. The summed E-state index contributed by atoms with van der Waals surface area (Å²) in [6.45, 7) is 3.14. The highest BCUT2D eigenvalue weighted by atomic mass is 31.2. The van der Waals surface area contributed by atoms with Crippen LogP contribution in [0, 0.1) is 0 Å². The molecule has 0 rings (SSSR count). The Kier molecular flexibility index (Phi) is 19.5. The number of esters is 2. The molecule has 0 saturated carbocycles. The first kappa shape index (κ1) is 34.0. The number of phosphoric ester groups is 1. The molecule has 35 heavy (non-hydrogen) atoms. The summed E-state index contributed by atoms with van der Waals surface area (Å²) < 4.78 is 32.4. The molecular formula is C25H50NO8P. The number of carbonyl (C=O) groups is 2. The topological polar surface area (TPSA) is 111 Å². The summed E-state index contributed by atoms with van der Waals surface area (Å²) in [4.78, 5) is 35.3. The van der Waals surface area contributed by atoms with Crippen LogP contribution < -0.4 is 4.89 Å². The first-order valence-corrected chi connectivity index (χ1v) is 14.6. The van der Waals surface area contributed by atoms with Gasteiger partial charge in [-0.1, -0.05) is 77.6 Å². The van der Waals surface area contributed by atoms with E-state index in [1.165, 1.54) is 64.7 Å². The number of nitrogens with zero attached hydrogens (tertiary/aromatic N) is 1. The Balaban J connectivity index is 4.12. The molecular weight excluding hydrogens is 473 g/mol. The van der Waals surface area contributed by atoms with Crippen molar-refractivity contribution in [1.29, 1.82) is 0 Å². The Morgan fingerprint density at radius 3 is 1.83 bits per heavy atom. The van der Waals surface area contributed by atoms with Crippen molar-refractivity contribution in [2.75, 3.05) is 47.5 Å². The molecule has 0 heterocycles. The minimum absolute atomic E-state index is 0.0301. The maximum atomic E-state index is 12.2. The quantitative estimate of drug-likeness (QED) is 0.0816. The van der Waals surface area contributed by atoms with E-state index < -0.39 is 32.5 Å². The van der Waals surface area contributed by atoms with Gasteiger partial charge in [0.1, 0.15) is 19.8 Å². The lowest BCUT2D eigenvalue weighted by Gasteiger charge is -2.28. The van der Waals surface area contributed by atoms with Gasteiger partial charge in [-0.05, 0) is 6.42 Å². The lowest BCUT2D eigenvalue weighted by Crippen LogP contribution is -2.37. The van der Waals surface area contributed by atoms with Crippen molar-refractivity contribution in [3.05, 3.63) is 0 Å². The summed E-state index contributed by atoms with van der Waals surface area (Å²) in [5.74, 6) is -1.03. The van der Waals surface area contributed by atoms with E-state index in [0.717, 1.165) is 12.8 Å². The summed E-state index contributed by atoms with van der Waals surface area (Å²) in [7, 11) is 1.16.